The lowest BCUT2D eigenvalue weighted by Gasteiger charge is -2.30. The van der Waals surface area contributed by atoms with E-state index in [9.17, 15) is 9.59 Å². The SMILES string of the molecule is Cc1cccc(-c2noc(CN3CCC(C(=O)Nc4ccccc4C(=O)NCc4ccco4)CC3)n2)c1. The molecule has 9 nitrogen and oxygen atoms in total. The van der Waals surface area contributed by atoms with Crippen LogP contribution in [0.2, 0.25) is 0 Å². The van der Waals surface area contributed by atoms with Gasteiger partial charge in [-0.15, -0.1) is 0 Å². The predicted molar refractivity (Wildman–Crippen MR) is 137 cm³/mol. The molecule has 0 bridgehead atoms. The maximum absolute atomic E-state index is 13.0. The Morgan fingerprint density at radius 2 is 1.89 bits per heavy atom. The van der Waals surface area contributed by atoms with E-state index in [0.29, 0.717) is 48.1 Å². The molecular formula is C28H29N5O4. The van der Waals surface area contributed by atoms with Crippen LogP contribution in [0.1, 0.15) is 40.4 Å². The van der Waals surface area contributed by atoms with Crippen molar-refractivity contribution in [2.45, 2.75) is 32.9 Å². The molecule has 5 rings (SSSR count). The Bertz CT molecular complexity index is 1360. The number of nitrogens with one attached hydrogen (secondary N) is 2. The Labute approximate surface area is 214 Å². The summed E-state index contributed by atoms with van der Waals surface area (Å²) in [7, 11) is 0. The lowest BCUT2D eigenvalue weighted by Crippen LogP contribution is -2.38. The second kappa shape index (κ2) is 11.2. The Morgan fingerprint density at radius 1 is 1.05 bits per heavy atom. The molecule has 0 radical (unpaired) electrons. The highest BCUT2D eigenvalue weighted by molar-refractivity contribution is 6.04. The normalized spacial score (nSPS) is 14.4. The molecule has 0 aliphatic carbocycles. The van der Waals surface area contributed by atoms with Crippen LogP contribution in [0.25, 0.3) is 11.4 Å². The van der Waals surface area contributed by atoms with Crippen molar-refractivity contribution in [1.29, 1.82) is 0 Å². The smallest absolute Gasteiger partial charge is 0.253 e. The van der Waals surface area contributed by atoms with Gasteiger partial charge in [0.15, 0.2) is 0 Å². The van der Waals surface area contributed by atoms with E-state index in [1.54, 1.807) is 42.7 Å². The molecule has 37 heavy (non-hydrogen) atoms. The second-order valence-corrected chi connectivity index (χ2v) is 9.23. The van der Waals surface area contributed by atoms with Crippen molar-refractivity contribution < 1.29 is 18.5 Å². The topological polar surface area (TPSA) is 114 Å². The third kappa shape index (κ3) is 6.13. The van der Waals surface area contributed by atoms with Crippen molar-refractivity contribution in [1.82, 2.24) is 20.4 Å². The molecular weight excluding hydrogens is 470 g/mol. The van der Waals surface area contributed by atoms with Crippen LogP contribution in [0, 0.1) is 12.8 Å². The first-order chi connectivity index (χ1) is 18.0. The van der Waals surface area contributed by atoms with Crippen molar-refractivity contribution in [3.8, 4) is 11.4 Å². The van der Waals surface area contributed by atoms with Crippen LogP contribution in [0.4, 0.5) is 5.69 Å². The first-order valence-corrected chi connectivity index (χ1v) is 12.4. The molecule has 2 N–H and O–H groups in total. The van der Waals surface area contributed by atoms with Gasteiger partial charge in [0, 0.05) is 11.5 Å². The molecule has 0 spiro atoms. The quantitative estimate of drug-likeness (QED) is 0.369. The fourth-order valence-electron chi connectivity index (χ4n) is 4.47. The molecule has 190 valence electrons. The second-order valence-electron chi connectivity index (χ2n) is 9.23. The number of carbonyl (C=O) groups is 2. The minimum atomic E-state index is -0.272. The summed E-state index contributed by atoms with van der Waals surface area (Å²) in [6, 6.07) is 18.6. The zero-order valence-corrected chi connectivity index (χ0v) is 20.6. The molecule has 1 fully saturated rings. The van der Waals surface area contributed by atoms with Gasteiger partial charge in [-0.2, -0.15) is 4.98 Å². The van der Waals surface area contributed by atoms with E-state index in [-0.39, 0.29) is 24.3 Å². The summed E-state index contributed by atoms with van der Waals surface area (Å²) in [6.07, 6.45) is 2.97. The van der Waals surface area contributed by atoms with Gasteiger partial charge < -0.3 is 19.6 Å². The largest absolute Gasteiger partial charge is 0.467 e. The maximum atomic E-state index is 13.0. The molecule has 0 atom stereocenters. The van der Waals surface area contributed by atoms with Crippen molar-refractivity contribution in [3.63, 3.8) is 0 Å². The summed E-state index contributed by atoms with van der Waals surface area (Å²) in [5, 5.41) is 9.91. The summed E-state index contributed by atoms with van der Waals surface area (Å²) in [6.45, 7) is 4.34. The fourth-order valence-corrected chi connectivity index (χ4v) is 4.47. The highest BCUT2D eigenvalue weighted by atomic mass is 16.5. The molecule has 3 heterocycles. The van der Waals surface area contributed by atoms with Gasteiger partial charge in [0.1, 0.15) is 5.76 Å². The van der Waals surface area contributed by atoms with Crippen LogP contribution in [0.15, 0.2) is 75.9 Å². The zero-order chi connectivity index (χ0) is 25.6. The van der Waals surface area contributed by atoms with Gasteiger partial charge in [0.2, 0.25) is 17.6 Å². The van der Waals surface area contributed by atoms with Gasteiger partial charge in [-0.05, 0) is 63.2 Å². The van der Waals surface area contributed by atoms with Gasteiger partial charge in [-0.25, -0.2) is 0 Å². The number of para-hydroxylation sites is 1. The van der Waals surface area contributed by atoms with Crippen molar-refractivity contribution >= 4 is 17.5 Å². The number of aryl methyl sites for hydroxylation is 1. The molecule has 1 aliphatic rings. The molecule has 1 aliphatic heterocycles. The Balaban J connectivity index is 1.13. The number of carbonyl (C=O) groups excluding carboxylic acids is 2. The van der Waals surface area contributed by atoms with Gasteiger partial charge in [-0.1, -0.05) is 41.1 Å². The number of aromatic nitrogens is 2. The number of hydrogen-bond donors (Lipinski definition) is 2. The highest BCUT2D eigenvalue weighted by Crippen LogP contribution is 2.23. The summed E-state index contributed by atoms with van der Waals surface area (Å²) in [5.74, 6) is 1.32. The summed E-state index contributed by atoms with van der Waals surface area (Å²) < 4.78 is 10.7. The van der Waals surface area contributed by atoms with Crippen LogP contribution in [-0.2, 0) is 17.9 Å². The predicted octanol–water partition coefficient (Wildman–Crippen LogP) is 4.42. The number of furan rings is 1. The van der Waals surface area contributed by atoms with E-state index in [1.807, 2.05) is 31.2 Å². The number of amides is 2. The molecule has 2 aromatic carbocycles. The van der Waals surface area contributed by atoms with Crippen LogP contribution in [0.5, 0.6) is 0 Å². The molecule has 2 amide bonds. The minimum absolute atomic E-state index is 0.0783. The fraction of sp³-hybridized carbons (Fsp3) is 0.286. The first kappa shape index (κ1) is 24.5. The van der Waals surface area contributed by atoms with Crippen molar-refractivity contribution in [2.24, 2.45) is 5.92 Å². The molecule has 2 aromatic heterocycles. The number of likely N-dealkylation sites (tertiary alicyclic amines) is 1. The molecule has 1 saturated heterocycles. The van der Waals surface area contributed by atoms with Gasteiger partial charge in [0.25, 0.3) is 5.91 Å². The maximum Gasteiger partial charge on any atom is 0.253 e. The van der Waals surface area contributed by atoms with Crippen molar-refractivity contribution in [2.75, 3.05) is 18.4 Å². The van der Waals surface area contributed by atoms with Crippen LogP contribution >= 0.6 is 0 Å². The van der Waals surface area contributed by atoms with E-state index >= 15 is 0 Å². The van der Waals surface area contributed by atoms with Gasteiger partial charge >= 0.3 is 0 Å². The Hall–Kier alpha value is -4.24. The number of nitrogens with zero attached hydrogens (tertiary/aromatic N) is 3. The molecule has 9 heteroatoms. The number of benzene rings is 2. The van der Waals surface area contributed by atoms with Crippen LogP contribution in [0.3, 0.4) is 0 Å². The van der Waals surface area contributed by atoms with Gasteiger partial charge in [0.05, 0.1) is 30.6 Å². The van der Waals surface area contributed by atoms with E-state index in [0.717, 1.165) is 24.2 Å². The lowest BCUT2D eigenvalue weighted by atomic mass is 9.95. The lowest BCUT2D eigenvalue weighted by molar-refractivity contribution is -0.121. The van der Waals surface area contributed by atoms with Gasteiger partial charge in [-0.3, -0.25) is 14.5 Å². The summed E-state index contributed by atoms with van der Waals surface area (Å²) in [5.41, 5.74) is 2.99. The Kier molecular flexibility index (Phi) is 7.41. The summed E-state index contributed by atoms with van der Waals surface area (Å²) >= 11 is 0. The first-order valence-electron chi connectivity index (χ1n) is 12.4. The number of hydrogen-bond acceptors (Lipinski definition) is 7. The molecule has 0 saturated carbocycles. The van der Waals surface area contributed by atoms with Crippen LogP contribution in [-0.4, -0.2) is 39.9 Å². The van der Waals surface area contributed by atoms with Crippen molar-refractivity contribution in [3.05, 3.63) is 89.7 Å². The molecule has 4 aromatic rings. The number of rotatable bonds is 8. The third-order valence-electron chi connectivity index (χ3n) is 6.49. The Morgan fingerprint density at radius 3 is 2.68 bits per heavy atom. The minimum Gasteiger partial charge on any atom is -0.467 e. The highest BCUT2D eigenvalue weighted by Gasteiger charge is 2.27. The monoisotopic (exact) mass is 499 g/mol. The van der Waals surface area contributed by atoms with E-state index < -0.39 is 0 Å². The van der Waals surface area contributed by atoms with E-state index in [2.05, 4.69) is 25.7 Å². The number of anilines is 1. The standard InChI is InChI=1S/C28H29N5O4/c1-19-6-4-7-21(16-19)26-31-25(37-32-26)18-33-13-11-20(12-14-33)27(34)30-24-10-3-2-9-23(24)28(35)29-17-22-8-5-15-36-22/h2-10,15-16,20H,11-14,17-18H2,1H3,(H,29,35)(H,30,34). The average Bonchev–Trinajstić information content (AvgIpc) is 3.61. The van der Waals surface area contributed by atoms with E-state index in [1.165, 1.54) is 0 Å². The molecule has 0 unspecified atom stereocenters. The van der Waals surface area contributed by atoms with E-state index in [4.69, 9.17) is 8.94 Å². The number of piperidine rings is 1. The van der Waals surface area contributed by atoms with Crippen LogP contribution < -0.4 is 10.6 Å². The zero-order valence-electron chi connectivity index (χ0n) is 20.6. The average molecular weight is 500 g/mol. The third-order valence-corrected chi connectivity index (χ3v) is 6.49. The summed E-state index contributed by atoms with van der Waals surface area (Å²) in [4.78, 5) is 32.5.